The Bertz CT molecular complexity index is 357. The minimum Gasteiger partial charge on any atom is -0.480 e. The molecule has 102 valence electrons. The Morgan fingerprint density at radius 1 is 1.22 bits per heavy atom. The van der Waals surface area contributed by atoms with Gasteiger partial charge in [0.1, 0.15) is 6.04 Å². The summed E-state index contributed by atoms with van der Waals surface area (Å²) in [6.07, 6.45) is 1.26. The Labute approximate surface area is 107 Å². The van der Waals surface area contributed by atoms with Gasteiger partial charge in [-0.1, -0.05) is 6.92 Å². The van der Waals surface area contributed by atoms with E-state index >= 15 is 0 Å². The molecule has 5 heteroatoms. The zero-order chi connectivity index (χ0) is 13.4. The highest BCUT2D eigenvalue weighted by Crippen LogP contribution is 2.35. The Kier molecular flexibility index (Phi) is 3.61. The predicted octanol–water partition coefficient (Wildman–Crippen LogP) is 1.12. The summed E-state index contributed by atoms with van der Waals surface area (Å²) >= 11 is 0. The molecule has 0 aromatic carbocycles. The molecular formula is C13H21NO4. The zero-order valence-electron chi connectivity index (χ0n) is 11.1. The summed E-state index contributed by atoms with van der Waals surface area (Å²) in [7, 11) is 0. The number of hydrogen-bond acceptors (Lipinski definition) is 3. The third-order valence-electron chi connectivity index (χ3n) is 4.35. The van der Waals surface area contributed by atoms with Crippen molar-refractivity contribution in [1.29, 1.82) is 0 Å². The van der Waals surface area contributed by atoms with Crippen molar-refractivity contribution in [3.63, 3.8) is 0 Å². The molecule has 4 unspecified atom stereocenters. The lowest BCUT2D eigenvalue weighted by atomic mass is 9.88. The molecule has 0 bridgehead atoms. The molecule has 2 heterocycles. The van der Waals surface area contributed by atoms with Gasteiger partial charge in [-0.15, -0.1) is 0 Å². The molecule has 0 aromatic heterocycles. The van der Waals surface area contributed by atoms with E-state index in [2.05, 4.69) is 0 Å². The molecule has 0 aliphatic carbocycles. The van der Waals surface area contributed by atoms with E-state index in [9.17, 15) is 9.59 Å². The Balaban J connectivity index is 2.14. The highest BCUT2D eigenvalue weighted by atomic mass is 16.5. The largest absolute Gasteiger partial charge is 0.480 e. The van der Waals surface area contributed by atoms with Gasteiger partial charge in [0.2, 0.25) is 5.91 Å². The van der Waals surface area contributed by atoms with Crippen molar-refractivity contribution in [3.05, 3.63) is 0 Å². The van der Waals surface area contributed by atoms with Crippen molar-refractivity contribution in [2.75, 3.05) is 6.54 Å². The number of amides is 1. The van der Waals surface area contributed by atoms with Crippen molar-refractivity contribution in [2.24, 2.45) is 11.8 Å². The number of likely N-dealkylation sites (tertiary alicyclic amines) is 1. The first-order valence-electron chi connectivity index (χ1n) is 6.62. The van der Waals surface area contributed by atoms with Crippen LogP contribution in [0.15, 0.2) is 0 Å². The summed E-state index contributed by atoms with van der Waals surface area (Å²) in [6, 6.07) is -0.646. The smallest absolute Gasteiger partial charge is 0.326 e. The highest BCUT2D eigenvalue weighted by Gasteiger charge is 2.46. The maximum Gasteiger partial charge on any atom is 0.326 e. The fraction of sp³-hybridized carbons (Fsp3) is 0.846. The van der Waals surface area contributed by atoms with Gasteiger partial charge < -0.3 is 14.7 Å². The van der Waals surface area contributed by atoms with Crippen LogP contribution >= 0.6 is 0 Å². The number of ether oxygens (including phenoxy) is 1. The molecule has 2 saturated heterocycles. The van der Waals surface area contributed by atoms with Gasteiger partial charge in [0, 0.05) is 6.54 Å². The lowest BCUT2D eigenvalue weighted by Gasteiger charge is -2.27. The van der Waals surface area contributed by atoms with Crippen molar-refractivity contribution >= 4 is 11.9 Å². The van der Waals surface area contributed by atoms with Gasteiger partial charge in [0.05, 0.1) is 18.1 Å². The van der Waals surface area contributed by atoms with Crippen LogP contribution < -0.4 is 0 Å². The first-order valence-corrected chi connectivity index (χ1v) is 6.62. The molecular weight excluding hydrogens is 234 g/mol. The maximum absolute atomic E-state index is 12.5. The normalized spacial score (nSPS) is 40.2. The molecule has 5 atom stereocenters. The minimum absolute atomic E-state index is 0.0516. The number of carboxylic acid groups (broad SMARTS) is 1. The van der Waals surface area contributed by atoms with Crippen LogP contribution in [0.1, 0.15) is 33.6 Å². The predicted molar refractivity (Wildman–Crippen MR) is 65.0 cm³/mol. The molecule has 0 aromatic rings. The molecule has 1 amide bonds. The molecule has 0 spiro atoms. The molecule has 5 nitrogen and oxygen atoms in total. The van der Waals surface area contributed by atoms with Crippen LogP contribution in [0.2, 0.25) is 0 Å². The van der Waals surface area contributed by atoms with E-state index in [1.807, 2.05) is 20.8 Å². The van der Waals surface area contributed by atoms with E-state index in [1.54, 1.807) is 0 Å². The number of aliphatic carboxylic acids is 1. The number of carboxylic acids is 1. The van der Waals surface area contributed by atoms with E-state index in [-0.39, 0.29) is 30.0 Å². The molecule has 1 N–H and O–H groups in total. The Morgan fingerprint density at radius 3 is 2.39 bits per heavy atom. The Morgan fingerprint density at radius 2 is 1.89 bits per heavy atom. The molecule has 18 heavy (non-hydrogen) atoms. The summed E-state index contributed by atoms with van der Waals surface area (Å²) in [6.45, 7) is 6.42. The van der Waals surface area contributed by atoms with Crippen LogP contribution in [0.25, 0.3) is 0 Å². The number of nitrogens with zero attached hydrogens (tertiary/aromatic N) is 1. The topological polar surface area (TPSA) is 66.8 Å². The van der Waals surface area contributed by atoms with E-state index in [0.717, 1.165) is 6.42 Å². The van der Waals surface area contributed by atoms with Gasteiger partial charge in [-0.2, -0.15) is 0 Å². The van der Waals surface area contributed by atoms with Crippen molar-refractivity contribution in [2.45, 2.75) is 51.9 Å². The van der Waals surface area contributed by atoms with Gasteiger partial charge in [-0.25, -0.2) is 4.79 Å². The minimum atomic E-state index is -0.895. The summed E-state index contributed by atoms with van der Waals surface area (Å²) in [5.74, 6) is -1.01. The second-order valence-corrected chi connectivity index (χ2v) is 5.46. The van der Waals surface area contributed by atoms with E-state index in [1.165, 1.54) is 4.90 Å². The molecule has 2 aliphatic heterocycles. The third-order valence-corrected chi connectivity index (χ3v) is 4.35. The SMILES string of the molecule is CC1OC(C)C(C(=O)N2CCC[C@H]2C(=O)O)C1C. The van der Waals surface area contributed by atoms with Gasteiger partial charge in [0.15, 0.2) is 0 Å². The molecule has 2 fully saturated rings. The van der Waals surface area contributed by atoms with E-state index in [0.29, 0.717) is 13.0 Å². The first kappa shape index (κ1) is 13.3. The van der Waals surface area contributed by atoms with Crippen LogP contribution in [0.3, 0.4) is 0 Å². The number of carbonyl (C=O) groups excluding carboxylic acids is 1. The summed E-state index contributed by atoms with van der Waals surface area (Å²) in [5.41, 5.74) is 0. The Hall–Kier alpha value is -1.10. The third kappa shape index (κ3) is 2.11. The highest BCUT2D eigenvalue weighted by molar-refractivity contribution is 5.86. The van der Waals surface area contributed by atoms with Crippen molar-refractivity contribution in [1.82, 2.24) is 4.90 Å². The molecule has 2 rings (SSSR count). The van der Waals surface area contributed by atoms with Gasteiger partial charge >= 0.3 is 5.97 Å². The number of rotatable bonds is 2. The van der Waals surface area contributed by atoms with E-state index < -0.39 is 12.0 Å². The average Bonchev–Trinajstić information content (AvgIpc) is 2.85. The molecule has 0 radical (unpaired) electrons. The van der Waals surface area contributed by atoms with Crippen molar-refractivity contribution in [3.8, 4) is 0 Å². The first-order chi connectivity index (χ1) is 8.43. The van der Waals surface area contributed by atoms with E-state index in [4.69, 9.17) is 9.84 Å². The van der Waals surface area contributed by atoms with Crippen LogP contribution in [0.4, 0.5) is 0 Å². The lowest BCUT2D eigenvalue weighted by Crippen LogP contribution is -2.46. The summed E-state index contributed by atoms with van der Waals surface area (Å²) < 4.78 is 5.67. The number of carbonyl (C=O) groups is 2. The lowest BCUT2D eigenvalue weighted by molar-refractivity contribution is -0.151. The summed E-state index contributed by atoms with van der Waals surface area (Å²) in [5, 5.41) is 9.13. The van der Waals surface area contributed by atoms with Crippen LogP contribution in [0.5, 0.6) is 0 Å². The van der Waals surface area contributed by atoms with Crippen LogP contribution in [-0.4, -0.2) is 46.7 Å². The molecule has 0 saturated carbocycles. The monoisotopic (exact) mass is 255 g/mol. The second kappa shape index (κ2) is 4.88. The average molecular weight is 255 g/mol. The van der Waals surface area contributed by atoms with Crippen LogP contribution in [0, 0.1) is 11.8 Å². The second-order valence-electron chi connectivity index (χ2n) is 5.46. The quantitative estimate of drug-likeness (QED) is 0.803. The maximum atomic E-state index is 12.5. The van der Waals surface area contributed by atoms with Crippen molar-refractivity contribution < 1.29 is 19.4 Å². The fourth-order valence-electron chi connectivity index (χ4n) is 3.17. The van der Waals surface area contributed by atoms with Gasteiger partial charge in [0.25, 0.3) is 0 Å². The number of hydrogen-bond donors (Lipinski definition) is 1. The fourth-order valence-corrected chi connectivity index (χ4v) is 3.17. The summed E-state index contributed by atoms with van der Waals surface area (Å²) in [4.78, 5) is 25.2. The standard InChI is InChI=1S/C13H21NO4/c1-7-8(2)18-9(3)11(7)12(15)14-6-4-5-10(14)13(16)17/h7-11H,4-6H2,1-3H3,(H,16,17)/t7?,8?,9?,10-,11?/m0/s1. The molecule has 2 aliphatic rings. The van der Waals surface area contributed by atoms with Gasteiger partial charge in [-0.3, -0.25) is 4.79 Å². The zero-order valence-corrected chi connectivity index (χ0v) is 11.1. The van der Waals surface area contributed by atoms with Crippen LogP contribution in [-0.2, 0) is 14.3 Å². The van der Waals surface area contributed by atoms with Gasteiger partial charge in [-0.05, 0) is 32.6 Å².